The molecule has 1 N–H and O–H groups in total. The van der Waals surface area contributed by atoms with E-state index < -0.39 is 0 Å². The number of amides is 1. The molecule has 0 bridgehead atoms. The van der Waals surface area contributed by atoms with Crippen LogP contribution in [-0.2, 0) is 11.2 Å². The standard InChI is InChI=1S/C18H15N3O3S/c1-12(22)11-16-19-18(25-21-16)20-17(23)13-7-9-15(10-8-13)24-14-5-3-2-4-6-14/h2-10H,11H2,1H3,(H,19,20,21,23). The van der Waals surface area contributed by atoms with E-state index in [9.17, 15) is 9.59 Å². The summed E-state index contributed by atoms with van der Waals surface area (Å²) in [6, 6.07) is 16.2. The van der Waals surface area contributed by atoms with E-state index in [1.807, 2.05) is 30.3 Å². The fraction of sp³-hybridized carbons (Fsp3) is 0.111. The molecule has 7 heteroatoms. The Labute approximate surface area is 148 Å². The van der Waals surface area contributed by atoms with Gasteiger partial charge in [-0.05, 0) is 43.3 Å². The van der Waals surface area contributed by atoms with Crippen LogP contribution < -0.4 is 10.1 Å². The molecule has 0 saturated carbocycles. The zero-order valence-electron chi connectivity index (χ0n) is 13.4. The van der Waals surface area contributed by atoms with E-state index in [-0.39, 0.29) is 18.1 Å². The molecule has 0 radical (unpaired) electrons. The number of benzene rings is 2. The van der Waals surface area contributed by atoms with E-state index in [2.05, 4.69) is 14.7 Å². The fourth-order valence-corrected chi connectivity index (χ4v) is 2.65. The summed E-state index contributed by atoms with van der Waals surface area (Å²) >= 11 is 1.05. The number of ketones is 1. The van der Waals surface area contributed by atoms with Gasteiger partial charge in [-0.1, -0.05) is 18.2 Å². The van der Waals surface area contributed by atoms with Gasteiger partial charge >= 0.3 is 0 Å². The van der Waals surface area contributed by atoms with Gasteiger partial charge in [0.15, 0.2) is 5.82 Å². The third-order valence-corrected chi connectivity index (χ3v) is 3.86. The molecule has 1 amide bonds. The Hall–Kier alpha value is -3.06. The number of aromatic nitrogens is 2. The van der Waals surface area contributed by atoms with E-state index in [1.165, 1.54) is 6.92 Å². The first kappa shape index (κ1) is 16.8. The van der Waals surface area contributed by atoms with Crippen LogP contribution in [0.3, 0.4) is 0 Å². The number of rotatable bonds is 6. The second-order valence-electron chi connectivity index (χ2n) is 5.29. The highest BCUT2D eigenvalue weighted by molar-refractivity contribution is 7.09. The Morgan fingerprint density at radius 3 is 2.40 bits per heavy atom. The number of Topliss-reactive ketones (excluding diaryl/α,β-unsaturated/α-hetero) is 1. The normalized spacial score (nSPS) is 10.3. The molecule has 0 aliphatic carbocycles. The number of carbonyl (C=O) groups excluding carboxylic acids is 2. The van der Waals surface area contributed by atoms with Gasteiger partial charge in [0.2, 0.25) is 5.13 Å². The van der Waals surface area contributed by atoms with Gasteiger partial charge in [0.25, 0.3) is 5.91 Å². The highest BCUT2D eigenvalue weighted by atomic mass is 32.1. The number of hydrogen-bond acceptors (Lipinski definition) is 6. The Morgan fingerprint density at radius 2 is 1.72 bits per heavy atom. The summed E-state index contributed by atoms with van der Waals surface area (Å²) in [6.07, 6.45) is 0.165. The van der Waals surface area contributed by atoms with Gasteiger partial charge in [0.05, 0.1) is 6.42 Å². The maximum Gasteiger partial charge on any atom is 0.257 e. The highest BCUT2D eigenvalue weighted by Crippen LogP contribution is 2.21. The molecule has 1 aromatic heterocycles. The smallest absolute Gasteiger partial charge is 0.257 e. The lowest BCUT2D eigenvalue weighted by atomic mass is 10.2. The van der Waals surface area contributed by atoms with Crippen LogP contribution in [-0.4, -0.2) is 21.0 Å². The number of hydrogen-bond donors (Lipinski definition) is 1. The largest absolute Gasteiger partial charge is 0.457 e. The molecule has 3 rings (SSSR count). The second-order valence-corrected chi connectivity index (χ2v) is 6.04. The molecule has 0 atom stereocenters. The van der Waals surface area contributed by atoms with Gasteiger partial charge in [-0.2, -0.15) is 4.37 Å². The SMILES string of the molecule is CC(=O)Cc1nsc(NC(=O)c2ccc(Oc3ccccc3)cc2)n1. The molecule has 1 heterocycles. The lowest BCUT2D eigenvalue weighted by molar-refractivity contribution is -0.116. The van der Waals surface area contributed by atoms with Crippen LogP contribution in [0, 0.1) is 0 Å². The molecule has 0 unspecified atom stereocenters. The van der Waals surface area contributed by atoms with E-state index in [0.717, 1.165) is 17.3 Å². The molecule has 3 aromatic rings. The zero-order valence-corrected chi connectivity index (χ0v) is 14.2. The van der Waals surface area contributed by atoms with Crippen molar-refractivity contribution in [2.24, 2.45) is 0 Å². The van der Waals surface area contributed by atoms with Crippen molar-refractivity contribution >= 4 is 28.4 Å². The summed E-state index contributed by atoms with van der Waals surface area (Å²) in [5.41, 5.74) is 0.476. The number of ether oxygens (including phenoxy) is 1. The maximum atomic E-state index is 12.2. The predicted molar refractivity (Wildman–Crippen MR) is 95.2 cm³/mol. The lowest BCUT2D eigenvalue weighted by Gasteiger charge is -2.06. The molecular formula is C18H15N3O3S. The summed E-state index contributed by atoms with van der Waals surface area (Å²) in [7, 11) is 0. The second kappa shape index (κ2) is 7.67. The Balaban J connectivity index is 1.62. The van der Waals surface area contributed by atoms with Gasteiger partial charge in [0.1, 0.15) is 17.3 Å². The Bertz CT molecular complexity index is 876. The van der Waals surface area contributed by atoms with E-state index >= 15 is 0 Å². The quantitative estimate of drug-likeness (QED) is 0.730. The molecule has 0 fully saturated rings. The van der Waals surface area contributed by atoms with E-state index in [4.69, 9.17) is 4.74 Å². The van der Waals surface area contributed by atoms with Crippen LogP contribution in [0.1, 0.15) is 23.1 Å². The van der Waals surface area contributed by atoms with Gasteiger partial charge in [0, 0.05) is 17.1 Å². The van der Waals surface area contributed by atoms with E-state index in [0.29, 0.717) is 22.3 Å². The molecule has 0 spiro atoms. The molecule has 126 valence electrons. The minimum absolute atomic E-state index is 0.0234. The van der Waals surface area contributed by atoms with Gasteiger partial charge in [-0.25, -0.2) is 4.98 Å². The van der Waals surface area contributed by atoms with Crippen LogP contribution in [0.15, 0.2) is 54.6 Å². The lowest BCUT2D eigenvalue weighted by Crippen LogP contribution is -2.11. The molecule has 0 saturated heterocycles. The molecule has 2 aromatic carbocycles. The van der Waals surface area contributed by atoms with Crippen LogP contribution in [0.5, 0.6) is 11.5 Å². The summed E-state index contributed by atoms with van der Waals surface area (Å²) in [5.74, 6) is 1.47. The first-order valence-electron chi connectivity index (χ1n) is 7.56. The molecular weight excluding hydrogens is 338 g/mol. The Morgan fingerprint density at radius 1 is 1.04 bits per heavy atom. The number of nitrogens with zero attached hydrogens (tertiary/aromatic N) is 2. The van der Waals surface area contributed by atoms with Crippen LogP contribution in [0.25, 0.3) is 0 Å². The van der Waals surface area contributed by atoms with Crippen molar-refractivity contribution < 1.29 is 14.3 Å². The van der Waals surface area contributed by atoms with Crippen molar-refractivity contribution in [1.29, 1.82) is 0 Å². The average Bonchev–Trinajstić information content (AvgIpc) is 3.02. The monoisotopic (exact) mass is 353 g/mol. The fourth-order valence-electron chi connectivity index (χ4n) is 2.07. The Kier molecular flexibility index (Phi) is 5.15. The number of anilines is 1. The molecule has 0 aliphatic heterocycles. The van der Waals surface area contributed by atoms with Crippen molar-refractivity contribution in [1.82, 2.24) is 9.36 Å². The highest BCUT2D eigenvalue weighted by Gasteiger charge is 2.11. The third-order valence-electron chi connectivity index (χ3n) is 3.19. The summed E-state index contributed by atoms with van der Waals surface area (Å²) in [5, 5.41) is 3.04. The first-order valence-corrected chi connectivity index (χ1v) is 8.34. The third kappa shape index (κ3) is 4.71. The summed E-state index contributed by atoms with van der Waals surface area (Å²) < 4.78 is 9.73. The number of carbonyl (C=O) groups is 2. The zero-order chi connectivity index (χ0) is 17.6. The van der Waals surface area contributed by atoms with Crippen molar-refractivity contribution in [3.05, 3.63) is 66.0 Å². The minimum Gasteiger partial charge on any atom is -0.457 e. The molecule has 0 aliphatic rings. The first-order chi connectivity index (χ1) is 12.1. The van der Waals surface area contributed by atoms with Crippen LogP contribution in [0.2, 0.25) is 0 Å². The van der Waals surface area contributed by atoms with Gasteiger partial charge in [-0.15, -0.1) is 0 Å². The predicted octanol–water partition coefficient (Wildman–Crippen LogP) is 3.71. The molecule has 6 nitrogen and oxygen atoms in total. The molecule has 25 heavy (non-hydrogen) atoms. The van der Waals surface area contributed by atoms with Crippen LogP contribution >= 0.6 is 11.5 Å². The van der Waals surface area contributed by atoms with Gasteiger partial charge < -0.3 is 4.74 Å². The van der Waals surface area contributed by atoms with Crippen molar-refractivity contribution in [3.8, 4) is 11.5 Å². The van der Waals surface area contributed by atoms with Crippen molar-refractivity contribution in [2.45, 2.75) is 13.3 Å². The van der Waals surface area contributed by atoms with Crippen molar-refractivity contribution in [3.63, 3.8) is 0 Å². The van der Waals surface area contributed by atoms with Crippen molar-refractivity contribution in [2.75, 3.05) is 5.32 Å². The number of para-hydroxylation sites is 1. The topological polar surface area (TPSA) is 81.2 Å². The van der Waals surface area contributed by atoms with Crippen LogP contribution in [0.4, 0.5) is 5.13 Å². The minimum atomic E-state index is -0.295. The summed E-state index contributed by atoms with van der Waals surface area (Å²) in [6.45, 7) is 1.47. The maximum absolute atomic E-state index is 12.2. The number of nitrogens with one attached hydrogen (secondary N) is 1. The van der Waals surface area contributed by atoms with Gasteiger partial charge in [-0.3, -0.25) is 14.9 Å². The average molecular weight is 353 g/mol. The summed E-state index contributed by atoms with van der Waals surface area (Å²) in [4.78, 5) is 27.4. The van der Waals surface area contributed by atoms with E-state index in [1.54, 1.807) is 24.3 Å².